The van der Waals surface area contributed by atoms with Crippen LogP contribution in [0.4, 0.5) is 5.69 Å². The van der Waals surface area contributed by atoms with E-state index in [1.807, 2.05) is 30.3 Å². The fourth-order valence-corrected chi connectivity index (χ4v) is 3.01. The Bertz CT molecular complexity index is 1010. The molecule has 4 rings (SSSR count). The van der Waals surface area contributed by atoms with E-state index in [1.165, 1.54) is 0 Å². The normalized spacial score (nSPS) is 12.6. The summed E-state index contributed by atoms with van der Waals surface area (Å²) in [6, 6.07) is 14.4. The molecule has 6 nitrogen and oxygen atoms in total. The molecule has 1 aliphatic heterocycles. The number of benzene rings is 2. The van der Waals surface area contributed by atoms with Crippen molar-refractivity contribution >= 4 is 28.3 Å². The number of ether oxygens (including phenoxy) is 2. The Morgan fingerprint density at radius 3 is 2.70 bits per heavy atom. The maximum Gasteiger partial charge on any atom is 0.224 e. The van der Waals surface area contributed by atoms with E-state index in [0.29, 0.717) is 36.0 Å². The second-order valence-corrected chi connectivity index (χ2v) is 6.21. The summed E-state index contributed by atoms with van der Waals surface area (Å²) in [5.41, 5.74) is 2.02. The molecular formula is C21H18N2O4. The first-order chi connectivity index (χ1) is 13.2. The van der Waals surface area contributed by atoms with Crippen LogP contribution in [-0.4, -0.2) is 29.9 Å². The van der Waals surface area contributed by atoms with Gasteiger partial charge in [-0.15, -0.1) is 0 Å². The maximum atomic E-state index is 12.4. The summed E-state index contributed by atoms with van der Waals surface area (Å²) in [5, 5.41) is 3.73. The number of anilines is 1. The number of rotatable bonds is 5. The lowest BCUT2D eigenvalue weighted by atomic mass is 10.1. The van der Waals surface area contributed by atoms with E-state index in [1.54, 1.807) is 24.4 Å². The lowest BCUT2D eigenvalue weighted by Crippen LogP contribution is -2.16. The number of hydrogen-bond donors (Lipinski definition) is 1. The number of pyridine rings is 1. The fourth-order valence-electron chi connectivity index (χ4n) is 3.01. The molecule has 2 aromatic carbocycles. The number of hydrogen-bond acceptors (Lipinski definition) is 5. The van der Waals surface area contributed by atoms with Crippen molar-refractivity contribution < 1.29 is 19.1 Å². The van der Waals surface area contributed by atoms with Gasteiger partial charge in [0.05, 0.1) is 11.2 Å². The van der Waals surface area contributed by atoms with Crippen LogP contribution in [0.3, 0.4) is 0 Å². The van der Waals surface area contributed by atoms with Gasteiger partial charge in [0.25, 0.3) is 0 Å². The zero-order valence-electron chi connectivity index (χ0n) is 14.6. The van der Waals surface area contributed by atoms with Gasteiger partial charge < -0.3 is 14.8 Å². The molecule has 2 heterocycles. The topological polar surface area (TPSA) is 77.5 Å². The Labute approximate surface area is 156 Å². The van der Waals surface area contributed by atoms with Gasteiger partial charge in [0.1, 0.15) is 13.2 Å². The van der Waals surface area contributed by atoms with Gasteiger partial charge in [0.15, 0.2) is 17.3 Å². The molecule has 0 unspecified atom stereocenters. The van der Waals surface area contributed by atoms with E-state index < -0.39 is 0 Å². The van der Waals surface area contributed by atoms with Crippen molar-refractivity contribution in [2.24, 2.45) is 0 Å². The van der Waals surface area contributed by atoms with E-state index in [2.05, 4.69) is 10.3 Å². The van der Waals surface area contributed by atoms with Gasteiger partial charge >= 0.3 is 0 Å². The smallest absolute Gasteiger partial charge is 0.224 e. The highest BCUT2D eigenvalue weighted by atomic mass is 16.6. The molecule has 27 heavy (non-hydrogen) atoms. The van der Waals surface area contributed by atoms with Gasteiger partial charge in [-0.25, -0.2) is 0 Å². The zero-order chi connectivity index (χ0) is 18.6. The number of nitrogens with zero attached hydrogens (tertiary/aromatic N) is 1. The molecule has 0 fully saturated rings. The molecule has 0 saturated carbocycles. The number of ketones is 1. The number of carbonyl (C=O) groups is 2. The summed E-state index contributed by atoms with van der Waals surface area (Å²) in [5.74, 6) is 0.888. The van der Waals surface area contributed by atoms with Crippen molar-refractivity contribution in [2.45, 2.75) is 12.8 Å². The van der Waals surface area contributed by atoms with Crippen molar-refractivity contribution in [1.29, 1.82) is 0 Å². The molecule has 1 aliphatic rings. The largest absolute Gasteiger partial charge is 0.486 e. The summed E-state index contributed by atoms with van der Waals surface area (Å²) < 4.78 is 10.9. The van der Waals surface area contributed by atoms with Crippen LogP contribution in [-0.2, 0) is 4.79 Å². The van der Waals surface area contributed by atoms with Gasteiger partial charge in [-0.1, -0.05) is 6.07 Å². The van der Waals surface area contributed by atoms with Crippen molar-refractivity contribution in [3.8, 4) is 11.5 Å². The molecule has 0 aliphatic carbocycles. The second kappa shape index (κ2) is 7.45. The van der Waals surface area contributed by atoms with Gasteiger partial charge in [-0.3, -0.25) is 14.6 Å². The quantitative estimate of drug-likeness (QED) is 0.702. The van der Waals surface area contributed by atoms with E-state index >= 15 is 0 Å². The molecule has 1 N–H and O–H groups in total. The number of carbonyl (C=O) groups excluding carboxylic acids is 2. The average Bonchev–Trinajstić information content (AvgIpc) is 2.72. The van der Waals surface area contributed by atoms with Crippen LogP contribution >= 0.6 is 0 Å². The van der Waals surface area contributed by atoms with Gasteiger partial charge in [-0.05, 0) is 42.5 Å². The molecule has 1 amide bonds. The van der Waals surface area contributed by atoms with Gasteiger partial charge in [0.2, 0.25) is 5.91 Å². The highest BCUT2D eigenvalue weighted by molar-refractivity contribution is 6.03. The minimum absolute atomic E-state index is 0.101. The maximum absolute atomic E-state index is 12.4. The van der Waals surface area contributed by atoms with Crippen LogP contribution in [0.15, 0.2) is 54.7 Å². The Morgan fingerprint density at radius 1 is 0.963 bits per heavy atom. The van der Waals surface area contributed by atoms with Crippen LogP contribution in [0.5, 0.6) is 11.5 Å². The minimum atomic E-state index is -0.211. The Kier molecular flexibility index (Phi) is 4.70. The first-order valence-corrected chi connectivity index (χ1v) is 8.77. The minimum Gasteiger partial charge on any atom is -0.486 e. The molecule has 0 spiro atoms. The number of Topliss-reactive ketones (excluding diaryl/α,β-unsaturated/α-hetero) is 1. The number of amides is 1. The Balaban J connectivity index is 1.39. The molecule has 6 heteroatoms. The molecule has 1 aromatic heterocycles. The summed E-state index contributed by atoms with van der Waals surface area (Å²) in [4.78, 5) is 29.0. The van der Waals surface area contributed by atoms with Crippen LogP contribution in [0.1, 0.15) is 23.2 Å². The highest BCUT2D eigenvalue weighted by Gasteiger charge is 2.16. The first kappa shape index (κ1) is 17.0. The van der Waals surface area contributed by atoms with Crippen molar-refractivity contribution in [3.05, 3.63) is 60.3 Å². The number of fused-ring (bicyclic) bond motifs is 2. The van der Waals surface area contributed by atoms with Crippen molar-refractivity contribution in [1.82, 2.24) is 4.98 Å². The van der Waals surface area contributed by atoms with E-state index in [9.17, 15) is 9.59 Å². The van der Waals surface area contributed by atoms with E-state index in [4.69, 9.17) is 9.47 Å². The molecule has 0 bridgehead atoms. The van der Waals surface area contributed by atoms with E-state index in [0.717, 1.165) is 10.9 Å². The lowest BCUT2D eigenvalue weighted by molar-refractivity contribution is -0.116. The lowest BCUT2D eigenvalue weighted by Gasteiger charge is -2.18. The van der Waals surface area contributed by atoms with Crippen LogP contribution in [0.25, 0.3) is 10.9 Å². The molecular weight excluding hydrogens is 344 g/mol. The van der Waals surface area contributed by atoms with Gasteiger partial charge in [-0.2, -0.15) is 0 Å². The fraction of sp³-hybridized carbons (Fsp3) is 0.190. The van der Waals surface area contributed by atoms with Crippen LogP contribution in [0.2, 0.25) is 0 Å². The Morgan fingerprint density at radius 2 is 1.81 bits per heavy atom. The third-order valence-corrected chi connectivity index (χ3v) is 4.36. The zero-order valence-corrected chi connectivity index (χ0v) is 14.6. The predicted octanol–water partition coefficient (Wildman–Crippen LogP) is 3.61. The molecule has 0 saturated heterocycles. The summed E-state index contributed by atoms with van der Waals surface area (Å²) in [6.07, 6.45) is 1.93. The SMILES string of the molecule is O=C(CCC(=O)c1ccc2c(c1)OCCO2)Nc1cccc2ncccc12. The first-order valence-electron chi connectivity index (χ1n) is 8.77. The van der Waals surface area contributed by atoms with Crippen LogP contribution < -0.4 is 14.8 Å². The molecule has 0 atom stereocenters. The number of aromatic nitrogens is 1. The summed E-state index contributed by atoms with van der Waals surface area (Å²) in [6.45, 7) is 0.969. The predicted molar refractivity (Wildman–Crippen MR) is 101 cm³/mol. The highest BCUT2D eigenvalue weighted by Crippen LogP contribution is 2.31. The third-order valence-electron chi connectivity index (χ3n) is 4.36. The molecule has 136 valence electrons. The second-order valence-electron chi connectivity index (χ2n) is 6.21. The summed E-state index contributed by atoms with van der Waals surface area (Å²) >= 11 is 0. The monoisotopic (exact) mass is 362 g/mol. The number of nitrogens with one attached hydrogen (secondary N) is 1. The van der Waals surface area contributed by atoms with Crippen molar-refractivity contribution in [2.75, 3.05) is 18.5 Å². The molecule has 3 aromatic rings. The van der Waals surface area contributed by atoms with Gasteiger partial charge in [0, 0.05) is 30.0 Å². The Hall–Kier alpha value is -3.41. The van der Waals surface area contributed by atoms with Crippen molar-refractivity contribution in [3.63, 3.8) is 0 Å². The van der Waals surface area contributed by atoms with Crippen LogP contribution in [0, 0.1) is 0 Å². The van der Waals surface area contributed by atoms with E-state index in [-0.39, 0.29) is 24.5 Å². The third kappa shape index (κ3) is 3.74. The standard InChI is InChI=1S/C21H18N2O4/c24-18(14-6-8-19-20(13-14)27-12-11-26-19)7-9-21(25)23-17-5-1-4-16-15(17)3-2-10-22-16/h1-6,8,10,13H,7,9,11-12H2,(H,23,25). The molecule has 0 radical (unpaired) electrons. The summed E-state index contributed by atoms with van der Waals surface area (Å²) in [7, 11) is 0. The average molecular weight is 362 g/mol.